The molecule has 2 heterocycles. The Labute approximate surface area is 204 Å². The van der Waals surface area contributed by atoms with Gasteiger partial charge in [0.1, 0.15) is 23.1 Å². The lowest BCUT2D eigenvalue weighted by atomic mass is 9.82. The van der Waals surface area contributed by atoms with E-state index in [9.17, 15) is 0 Å². The molecule has 0 aliphatic carbocycles. The van der Waals surface area contributed by atoms with Crippen molar-refractivity contribution >= 4 is 22.3 Å². The summed E-state index contributed by atoms with van der Waals surface area (Å²) in [6, 6.07) is 29.0. The van der Waals surface area contributed by atoms with Crippen molar-refractivity contribution in [3.05, 3.63) is 113 Å². The number of ether oxygens (including phenoxy) is 2. The molecule has 0 fully saturated rings. The van der Waals surface area contributed by atoms with Crippen LogP contribution in [-0.2, 0) is 0 Å². The SMILES string of the molecule is COc1ccc(C2c3ccc4ccccc4c3Oc3nc(C)nc(Nc4ccccc4C)c32)cc1. The van der Waals surface area contributed by atoms with Crippen molar-refractivity contribution in [2.45, 2.75) is 19.8 Å². The van der Waals surface area contributed by atoms with Crippen molar-refractivity contribution in [1.29, 1.82) is 0 Å². The highest BCUT2D eigenvalue weighted by Gasteiger charge is 2.34. The largest absolute Gasteiger partial charge is 0.497 e. The van der Waals surface area contributed by atoms with Gasteiger partial charge in [0.25, 0.3) is 0 Å². The number of fused-ring (bicyclic) bond motifs is 4. The summed E-state index contributed by atoms with van der Waals surface area (Å²) in [6.07, 6.45) is 0. The maximum Gasteiger partial charge on any atom is 0.228 e. The van der Waals surface area contributed by atoms with Crippen LogP contribution in [0.25, 0.3) is 10.8 Å². The molecule has 5 nitrogen and oxygen atoms in total. The van der Waals surface area contributed by atoms with Gasteiger partial charge in [-0.25, -0.2) is 4.98 Å². The van der Waals surface area contributed by atoms with Crippen LogP contribution in [0.2, 0.25) is 0 Å². The van der Waals surface area contributed by atoms with E-state index in [-0.39, 0.29) is 5.92 Å². The van der Waals surface area contributed by atoms with E-state index in [4.69, 9.17) is 19.4 Å². The number of methoxy groups -OCH3 is 1. The highest BCUT2D eigenvalue weighted by atomic mass is 16.5. The lowest BCUT2D eigenvalue weighted by Gasteiger charge is -2.30. The van der Waals surface area contributed by atoms with E-state index in [2.05, 4.69) is 60.8 Å². The van der Waals surface area contributed by atoms with E-state index in [0.29, 0.717) is 11.7 Å². The van der Waals surface area contributed by atoms with Crippen molar-refractivity contribution < 1.29 is 9.47 Å². The molecule has 0 amide bonds. The van der Waals surface area contributed by atoms with Gasteiger partial charge in [-0.15, -0.1) is 0 Å². The quantitative estimate of drug-likeness (QED) is 0.300. The van der Waals surface area contributed by atoms with Crippen LogP contribution in [0.4, 0.5) is 11.5 Å². The van der Waals surface area contributed by atoms with Gasteiger partial charge < -0.3 is 14.8 Å². The minimum Gasteiger partial charge on any atom is -0.497 e. The van der Waals surface area contributed by atoms with E-state index in [0.717, 1.165) is 56.0 Å². The summed E-state index contributed by atoms with van der Waals surface area (Å²) in [5.74, 6) is 3.53. The molecule has 0 bridgehead atoms. The van der Waals surface area contributed by atoms with Crippen molar-refractivity contribution in [1.82, 2.24) is 9.97 Å². The average molecular weight is 460 g/mol. The molecule has 0 saturated heterocycles. The normalized spacial score (nSPS) is 14.1. The smallest absolute Gasteiger partial charge is 0.228 e. The summed E-state index contributed by atoms with van der Waals surface area (Å²) in [7, 11) is 1.68. The molecule has 1 aliphatic heterocycles. The Kier molecular flexibility index (Phi) is 5.10. The first-order valence-corrected chi connectivity index (χ1v) is 11.7. The average Bonchev–Trinajstić information content (AvgIpc) is 2.88. The van der Waals surface area contributed by atoms with Gasteiger partial charge in [-0.2, -0.15) is 4.98 Å². The Morgan fingerprint density at radius 1 is 0.829 bits per heavy atom. The van der Waals surface area contributed by atoms with Gasteiger partial charge in [0.05, 0.1) is 12.7 Å². The Morgan fingerprint density at radius 2 is 1.60 bits per heavy atom. The predicted molar refractivity (Wildman–Crippen MR) is 139 cm³/mol. The highest BCUT2D eigenvalue weighted by molar-refractivity contribution is 5.91. The fraction of sp³-hybridized carbons (Fsp3) is 0.133. The molecule has 0 radical (unpaired) electrons. The van der Waals surface area contributed by atoms with Gasteiger partial charge >= 0.3 is 0 Å². The van der Waals surface area contributed by atoms with Crippen LogP contribution in [0.15, 0.2) is 84.9 Å². The second kappa shape index (κ2) is 8.44. The first-order chi connectivity index (χ1) is 17.1. The molecule has 4 aromatic carbocycles. The third-order valence-corrected chi connectivity index (χ3v) is 6.58. The Hall–Kier alpha value is -4.38. The van der Waals surface area contributed by atoms with Crippen molar-refractivity contribution in [2.24, 2.45) is 0 Å². The van der Waals surface area contributed by atoms with Crippen LogP contribution in [0.5, 0.6) is 17.4 Å². The van der Waals surface area contributed by atoms with Gasteiger partial charge in [-0.1, -0.05) is 66.7 Å². The number of para-hydroxylation sites is 1. The van der Waals surface area contributed by atoms with E-state index in [1.807, 2.05) is 43.3 Å². The van der Waals surface area contributed by atoms with Crippen LogP contribution in [0, 0.1) is 13.8 Å². The number of benzene rings is 4. The number of hydrogen-bond donors (Lipinski definition) is 1. The van der Waals surface area contributed by atoms with Crippen LogP contribution in [0.1, 0.15) is 34.0 Å². The molecule has 1 unspecified atom stereocenters. The maximum absolute atomic E-state index is 6.56. The number of hydrogen-bond acceptors (Lipinski definition) is 5. The molecule has 35 heavy (non-hydrogen) atoms. The third kappa shape index (κ3) is 3.66. The molecule has 172 valence electrons. The summed E-state index contributed by atoms with van der Waals surface area (Å²) in [6.45, 7) is 3.98. The Bertz CT molecular complexity index is 1560. The fourth-order valence-corrected chi connectivity index (χ4v) is 4.83. The fourth-order valence-electron chi connectivity index (χ4n) is 4.83. The van der Waals surface area contributed by atoms with Crippen LogP contribution >= 0.6 is 0 Å². The molecule has 1 aliphatic rings. The van der Waals surface area contributed by atoms with Gasteiger partial charge in [0, 0.05) is 22.6 Å². The topological polar surface area (TPSA) is 56.3 Å². The number of nitrogens with zero attached hydrogens (tertiary/aromatic N) is 2. The lowest BCUT2D eigenvalue weighted by molar-refractivity contribution is 0.414. The van der Waals surface area contributed by atoms with Crippen LogP contribution in [-0.4, -0.2) is 17.1 Å². The minimum atomic E-state index is -0.114. The van der Waals surface area contributed by atoms with E-state index >= 15 is 0 Å². The molecule has 6 rings (SSSR count). The molecule has 1 N–H and O–H groups in total. The summed E-state index contributed by atoms with van der Waals surface area (Å²) < 4.78 is 12.0. The minimum absolute atomic E-state index is 0.114. The zero-order valence-electron chi connectivity index (χ0n) is 19.9. The first kappa shape index (κ1) is 21.2. The third-order valence-electron chi connectivity index (χ3n) is 6.58. The number of aryl methyl sites for hydroxylation is 2. The summed E-state index contributed by atoms with van der Waals surface area (Å²) >= 11 is 0. The van der Waals surface area contributed by atoms with E-state index in [1.54, 1.807) is 7.11 Å². The van der Waals surface area contributed by atoms with Crippen molar-refractivity contribution in [2.75, 3.05) is 12.4 Å². The Balaban J connectivity index is 1.61. The van der Waals surface area contributed by atoms with Gasteiger partial charge in [-0.05, 0) is 48.6 Å². The zero-order valence-corrected chi connectivity index (χ0v) is 19.9. The molecular weight excluding hydrogens is 434 g/mol. The standard InChI is InChI=1S/C30H25N3O2/c1-18-8-4-7-11-25(18)33-29-27-26(21-12-15-22(34-3)16-13-21)24-17-14-20-9-5-6-10-23(20)28(24)35-30(27)32-19(2)31-29/h4-17,26H,1-3H3,(H,31,32,33). The molecule has 1 aromatic heterocycles. The monoisotopic (exact) mass is 459 g/mol. The summed E-state index contributed by atoms with van der Waals surface area (Å²) in [5.41, 5.74) is 5.27. The predicted octanol–water partition coefficient (Wildman–Crippen LogP) is 7.28. The van der Waals surface area contributed by atoms with Gasteiger partial charge in [0.15, 0.2) is 0 Å². The summed E-state index contributed by atoms with van der Waals surface area (Å²) in [4.78, 5) is 9.60. The molecule has 0 saturated carbocycles. The highest BCUT2D eigenvalue weighted by Crippen LogP contribution is 2.51. The number of rotatable bonds is 4. The zero-order chi connectivity index (χ0) is 23.9. The molecule has 5 aromatic rings. The Morgan fingerprint density at radius 3 is 2.40 bits per heavy atom. The lowest BCUT2D eigenvalue weighted by Crippen LogP contribution is -2.17. The summed E-state index contributed by atoms with van der Waals surface area (Å²) in [5, 5.41) is 5.78. The first-order valence-electron chi connectivity index (χ1n) is 11.7. The van der Waals surface area contributed by atoms with E-state index in [1.165, 1.54) is 0 Å². The van der Waals surface area contributed by atoms with Crippen LogP contribution in [0.3, 0.4) is 0 Å². The van der Waals surface area contributed by atoms with Crippen molar-refractivity contribution in [3.8, 4) is 17.4 Å². The van der Waals surface area contributed by atoms with Crippen molar-refractivity contribution in [3.63, 3.8) is 0 Å². The number of nitrogens with one attached hydrogen (secondary N) is 1. The second-order valence-electron chi connectivity index (χ2n) is 8.79. The molecule has 1 atom stereocenters. The molecular formula is C30H25N3O2. The molecule has 5 heteroatoms. The maximum atomic E-state index is 6.56. The van der Waals surface area contributed by atoms with Crippen LogP contribution < -0.4 is 14.8 Å². The van der Waals surface area contributed by atoms with E-state index < -0.39 is 0 Å². The second-order valence-corrected chi connectivity index (χ2v) is 8.79. The van der Waals surface area contributed by atoms with Gasteiger partial charge in [-0.3, -0.25) is 0 Å². The van der Waals surface area contributed by atoms with Gasteiger partial charge in [0.2, 0.25) is 5.88 Å². The number of anilines is 2. The molecule has 0 spiro atoms. The number of aromatic nitrogens is 2.